The van der Waals surface area contributed by atoms with Gasteiger partial charge in [-0.3, -0.25) is 0 Å². The van der Waals surface area contributed by atoms with Gasteiger partial charge in [-0.1, -0.05) is 35.1 Å². The number of nitrogens with one attached hydrogen (secondary N) is 1. The lowest BCUT2D eigenvalue weighted by Crippen LogP contribution is -2.53. The first-order chi connectivity index (χ1) is 15.3. The highest BCUT2D eigenvalue weighted by molar-refractivity contribution is 6.20. The maximum Gasteiger partial charge on any atom is 0.0336 e. The first-order valence-electron chi connectivity index (χ1n) is 13.8. The Bertz CT molecular complexity index is 553. The third-order valence-corrected chi connectivity index (χ3v) is 9.32. The lowest BCUT2D eigenvalue weighted by Gasteiger charge is -2.49. The summed E-state index contributed by atoms with van der Waals surface area (Å²) in [5.74, 6) is 3.26. The molecule has 0 aromatic carbocycles. The molecule has 3 fully saturated rings. The van der Waals surface area contributed by atoms with Crippen molar-refractivity contribution < 1.29 is 27.4 Å². The van der Waals surface area contributed by atoms with E-state index in [1.165, 1.54) is 90.8 Å². The van der Waals surface area contributed by atoms with Gasteiger partial charge in [0.05, 0.1) is 0 Å². The fourth-order valence-corrected chi connectivity index (χ4v) is 7.12. The summed E-state index contributed by atoms with van der Waals surface area (Å²) < 4.78 is 0. The largest absolute Gasteiger partial charge is 0.412 e. The van der Waals surface area contributed by atoms with E-state index in [-0.39, 0.29) is 34.8 Å². The molecule has 0 unspecified atom stereocenters. The SMILES string of the molecule is C.CC(C)[C@H](CN1CC[C@H](C2CCC(Cl)CC2)C(C)(C)C1)NC[C@@H]1CCN(CCCCN)C1.O.O.O.O.O. The number of alkyl halides is 1. The highest BCUT2D eigenvalue weighted by Crippen LogP contribution is 2.45. The number of piperidine rings is 1. The number of hydrogen-bond acceptors (Lipinski definition) is 4. The summed E-state index contributed by atoms with van der Waals surface area (Å²) in [5, 5.41) is 4.44. The molecule has 0 amide bonds. The van der Waals surface area contributed by atoms with E-state index >= 15 is 0 Å². The molecule has 0 radical (unpaired) electrons. The van der Waals surface area contributed by atoms with Crippen molar-refractivity contribution in [1.29, 1.82) is 0 Å². The van der Waals surface area contributed by atoms with Crippen LogP contribution in [0.1, 0.15) is 86.5 Å². The van der Waals surface area contributed by atoms with Gasteiger partial charge in [0.15, 0.2) is 0 Å². The molecule has 38 heavy (non-hydrogen) atoms. The molecule has 0 aromatic heterocycles. The molecular weight excluding hydrogens is 508 g/mol. The van der Waals surface area contributed by atoms with Crippen LogP contribution in [0.4, 0.5) is 0 Å². The first kappa shape index (κ1) is 44.9. The number of rotatable bonds is 11. The zero-order valence-corrected chi connectivity index (χ0v) is 24.9. The molecule has 1 aliphatic carbocycles. The van der Waals surface area contributed by atoms with Crippen molar-refractivity contribution >= 4 is 11.6 Å². The van der Waals surface area contributed by atoms with Gasteiger partial charge >= 0.3 is 0 Å². The van der Waals surface area contributed by atoms with E-state index in [1.54, 1.807) is 0 Å². The summed E-state index contributed by atoms with van der Waals surface area (Å²) in [6.45, 7) is 19.4. The molecule has 9 nitrogen and oxygen atoms in total. The highest BCUT2D eigenvalue weighted by atomic mass is 35.5. The lowest BCUT2D eigenvalue weighted by atomic mass is 9.64. The summed E-state index contributed by atoms with van der Waals surface area (Å²) in [6.07, 6.45) is 10.3. The maximum absolute atomic E-state index is 6.39. The van der Waals surface area contributed by atoms with Crippen LogP contribution in [0.15, 0.2) is 0 Å². The normalized spacial score (nSPS) is 27.9. The molecule has 13 N–H and O–H groups in total. The molecule has 0 spiro atoms. The van der Waals surface area contributed by atoms with E-state index in [0.29, 0.717) is 22.8 Å². The average Bonchev–Trinajstić information content (AvgIpc) is 3.19. The quantitative estimate of drug-likeness (QED) is 0.276. The summed E-state index contributed by atoms with van der Waals surface area (Å²) in [5.41, 5.74) is 6.07. The van der Waals surface area contributed by atoms with Crippen LogP contribution in [0, 0.1) is 29.1 Å². The molecule has 2 saturated heterocycles. The van der Waals surface area contributed by atoms with Gasteiger partial charge in [-0.15, -0.1) is 11.6 Å². The van der Waals surface area contributed by atoms with E-state index < -0.39 is 0 Å². The van der Waals surface area contributed by atoms with Gasteiger partial charge in [0.1, 0.15) is 0 Å². The maximum atomic E-state index is 6.39. The van der Waals surface area contributed by atoms with Crippen LogP contribution in [0.5, 0.6) is 0 Å². The van der Waals surface area contributed by atoms with Gasteiger partial charge < -0.3 is 48.2 Å². The molecular formula is C28H67ClN4O5. The zero-order chi connectivity index (χ0) is 23.1. The van der Waals surface area contributed by atoms with Crippen LogP contribution in [0.2, 0.25) is 0 Å². The molecule has 0 aromatic rings. The Labute approximate surface area is 239 Å². The van der Waals surface area contributed by atoms with Gasteiger partial charge in [-0.2, -0.15) is 0 Å². The van der Waals surface area contributed by atoms with Crippen molar-refractivity contribution in [2.45, 2.75) is 97.9 Å². The summed E-state index contributed by atoms with van der Waals surface area (Å²) in [7, 11) is 0. The van der Waals surface area contributed by atoms with Crippen molar-refractivity contribution in [3.05, 3.63) is 0 Å². The summed E-state index contributed by atoms with van der Waals surface area (Å²) in [6, 6.07) is 0.598. The van der Waals surface area contributed by atoms with Gasteiger partial charge in [-0.25, -0.2) is 0 Å². The minimum absolute atomic E-state index is 0. The number of hydrogen-bond donors (Lipinski definition) is 2. The lowest BCUT2D eigenvalue weighted by molar-refractivity contribution is 0.00468. The number of halogens is 1. The van der Waals surface area contributed by atoms with E-state index in [9.17, 15) is 0 Å². The van der Waals surface area contributed by atoms with Crippen LogP contribution in [0.25, 0.3) is 0 Å². The van der Waals surface area contributed by atoms with Crippen molar-refractivity contribution in [1.82, 2.24) is 15.1 Å². The van der Waals surface area contributed by atoms with Crippen molar-refractivity contribution in [2.75, 3.05) is 52.4 Å². The molecule has 2 aliphatic heterocycles. The van der Waals surface area contributed by atoms with E-state index in [4.69, 9.17) is 17.3 Å². The van der Waals surface area contributed by atoms with Crippen molar-refractivity contribution in [3.63, 3.8) is 0 Å². The Kier molecular flexibility index (Phi) is 25.6. The van der Waals surface area contributed by atoms with Crippen LogP contribution in [0.3, 0.4) is 0 Å². The second-order valence-electron chi connectivity index (χ2n) is 12.3. The molecule has 3 rings (SSSR count). The van der Waals surface area contributed by atoms with Crippen molar-refractivity contribution in [3.8, 4) is 0 Å². The number of unbranched alkanes of at least 4 members (excludes halogenated alkanes) is 1. The smallest absolute Gasteiger partial charge is 0.0336 e. The fraction of sp³-hybridized carbons (Fsp3) is 1.00. The van der Waals surface area contributed by atoms with E-state index in [0.717, 1.165) is 30.7 Å². The van der Waals surface area contributed by atoms with Crippen LogP contribution in [-0.4, -0.2) is 101 Å². The second kappa shape index (κ2) is 21.6. The summed E-state index contributed by atoms with van der Waals surface area (Å²) >= 11 is 6.39. The standard InChI is InChI=1S/C27H53ClN4.CH4.5H2O/c1-21(2)26(30-17-22-11-15-31(18-22)14-6-5-13-29)19-32-16-12-25(27(3,4)20-32)23-7-9-24(28)10-8-23;;;;;;/h21-26,30H,5-20,29H2,1-4H3;1H4;5*1H2/t22-,23?,24?,25+,26-;;;;;;/m0....../s1. The Hall–Kier alpha value is -0.0700. The predicted molar refractivity (Wildman–Crippen MR) is 164 cm³/mol. The topological polar surface area (TPSA) is 202 Å². The van der Waals surface area contributed by atoms with Crippen LogP contribution in [-0.2, 0) is 0 Å². The first-order valence-corrected chi connectivity index (χ1v) is 14.2. The second-order valence-corrected chi connectivity index (χ2v) is 13.0. The third-order valence-electron chi connectivity index (χ3n) is 8.89. The zero-order valence-electron chi connectivity index (χ0n) is 24.1. The Balaban J connectivity index is -0.000000963. The number of nitrogens with zero attached hydrogens (tertiary/aromatic N) is 2. The fourth-order valence-electron chi connectivity index (χ4n) is 6.87. The highest BCUT2D eigenvalue weighted by Gasteiger charge is 2.41. The number of likely N-dealkylation sites (tertiary alicyclic amines) is 2. The minimum Gasteiger partial charge on any atom is -0.412 e. The molecule has 1 saturated carbocycles. The Morgan fingerprint density at radius 2 is 1.50 bits per heavy atom. The van der Waals surface area contributed by atoms with Gasteiger partial charge in [-0.05, 0) is 113 Å². The third kappa shape index (κ3) is 13.5. The van der Waals surface area contributed by atoms with E-state index in [2.05, 4.69) is 42.8 Å². The molecule has 3 aliphatic rings. The van der Waals surface area contributed by atoms with Crippen LogP contribution < -0.4 is 11.1 Å². The predicted octanol–water partition coefficient (Wildman–Crippen LogP) is 1.32. The minimum atomic E-state index is 0. The number of nitrogens with two attached hydrogens (primary N) is 1. The van der Waals surface area contributed by atoms with Gasteiger partial charge in [0.25, 0.3) is 0 Å². The van der Waals surface area contributed by atoms with E-state index in [1.807, 2.05) is 0 Å². The van der Waals surface area contributed by atoms with Crippen LogP contribution >= 0.6 is 11.6 Å². The molecule has 236 valence electrons. The molecule has 10 heteroatoms. The monoisotopic (exact) mass is 574 g/mol. The van der Waals surface area contributed by atoms with Gasteiger partial charge in [0, 0.05) is 31.1 Å². The van der Waals surface area contributed by atoms with Gasteiger partial charge in [0.2, 0.25) is 0 Å². The summed E-state index contributed by atoms with van der Waals surface area (Å²) in [4.78, 5) is 5.42. The Morgan fingerprint density at radius 1 is 0.895 bits per heavy atom. The Morgan fingerprint density at radius 3 is 2.05 bits per heavy atom. The molecule has 2 heterocycles. The van der Waals surface area contributed by atoms with Crippen molar-refractivity contribution in [2.24, 2.45) is 34.8 Å². The molecule has 3 atom stereocenters. The molecule has 0 bridgehead atoms. The average molecular weight is 575 g/mol.